The maximum absolute atomic E-state index is 5.85. The van der Waals surface area contributed by atoms with E-state index < -0.39 is 0 Å². The molecule has 0 saturated heterocycles. The first-order valence-corrected chi connectivity index (χ1v) is 6.09. The molecular weight excluding hydrogens is 234 g/mol. The van der Waals surface area contributed by atoms with Gasteiger partial charge in [0, 0.05) is 18.2 Å². The average Bonchev–Trinajstić information content (AvgIpc) is 2.36. The minimum Gasteiger partial charge on any atom is -0.383 e. The van der Waals surface area contributed by atoms with E-state index in [0.717, 1.165) is 27.9 Å². The predicted octanol–water partition coefficient (Wildman–Crippen LogP) is 1.87. The van der Waals surface area contributed by atoms with Crippen molar-refractivity contribution in [2.75, 3.05) is 5.73 Å². The Kier molecular flexibility index (Phi) is 3.53. The third-order valence-corrected chi connectivity index (χ3v) is 3.30. The quantitative estimate of drug-likeness (QED) is 0.834. The summed E-state index contributed by atoms with van der Waals surface area (Å²) in [6.07, 6.45) is 3.99. The molecular formula is C11H13N5S. The lowest BCUT2D eigenvalue weighted by Gasteiger charge is -2.07. The molecule has 88 valence electrons. The van der Waals surface area contributed by atoms with Crippen LogP contribution in [0.3, 0.4) is 0 Å². The van der Waals surface area contributed by atoms with Gasteiger partial charge in [-0.3, -0.25) is 0 Å². The fraction of sp³-hybridized carbons (Fsp3) is 0.273. The summed E-state index contributed by atoms with van der Waals surface area (Å²) in [7, 11) is 0. The maximum Gasteiger partial charge on any atom is 0.131 e. The van der Waals surface area contributed by atoms with E-state index in [4.69, 9.17) is 5.73 Å². The van der Waals surface area contributed by atoms with Crippen molar-refractivity contribution in [3.8, 4) is 0 Å². The molecule has 0 atom stereocenters. The molecule has 0 unspecified atom stereocenters. The van der Waals surface area contributed by atoms with Crippen LogP contribution < -0.4 is 5.73 Å². The maximum atomic E-state index is 5.85. The van der Waals surface area contributed by atoms with Crippen molar-refractivity contribution in [1.29, 1.82) is 0 Å². The van der Waals surface area contributed by atoms with Crippen LogP contribution in [-0.4, -0.2) is 19.9 Å². The Bertz CT molecular complexity index is 515. The van der Waals surface area contributed by atoms with Gasteiger partial charge in [-0.1, -0.05) is 6.92 Å². The Balaban J connectivity index is 2.35. The number of anilines is 1. The molecule has 0 spiro atoms. The smallest absolute Gasteiger partial charge is 0.131 e. The highest BCUT2D eigenvalue weighted by Crippen LogP contribution is 2.28. The molecule has 0 fully saturated rings. The Hall–Kier alpha value is -1.69. The van der Waals surface area contributed by atoms with Crippen molar-refractivity contribution < 1.29 is 0 Å². The van der Waals surface area contributed by atoms with Gasteiger partial charge < -0.3 is 5.73 Å². The first-order chi connectivity index (χ1) is 8.20. The lowest BCUT2D eigenvalue weighted by atomic mass is 10.3. The molecule has 0 bridgehead atoms. The number of hydrogen-bond acceptors (Lipinski definition) is 6. The van der Waals surface area contributed by atoms with Crippen LogP contribution in [0.4, 0.5) is 5.82 Å². The van der Waals surface area contributed by atoms with Crippen LogP contribution in [0.5, 0.6) is 0 Å². The Morgan fingerprint density at radius 1 is 1.35 bits per heavy atom. The molecule has 0 radical (unpaired) electrons. The molecule has 2 N–H and O–H groups in total. The van der Waals surface area contributed by atoms with Crippen molar-refractivity contribution in [3.05, 3.63) is 30.0 Å². The molecule has 0 saturated carbocycles. The molecule has 2 rings (SSSR count). The summed E-state index contributed by atoms with van der Waals surface area (Å²) in [5, 5.41) is 1.70. The van der Waals surface area contributed by atoms with Gasteiger partial charge in [0.15, 0.2) is 0 Å². The number of aromatic nitrogens is 4. The largest absolute Gasteiger partial charge is 0.383 e. The highest BCUT2D eigenvalue weighted by Gasteiger charge is 2.09. The van der Waals surface area contributed by atoms with Crippen LogP contribution in [-0.2, 0) is 6.42 Å². The van der Waals surface area contributed by atoms with Gasteiger partial charge in [0.2, 0.25) is 0 Å². The first kappa shape index (κ1) is 11.8. The van der Waals surface area contributed by atoms with Gasteiger partial charge >= 0.3 is 0 Å². The van der Waals surface area contributed by atoms with Crippen LogP contribution in [0.25, 0.3) is 0 Å². The van der Waals surface area contributed by atoms with Crippen LogP contribution in [0.1, 0.15) is 18.3 Å². The zero-order valence-electron chi connectivity index (χ0n) is 9.71. The molecule has 5 nitrogen and oxygen atoms in total. The molecule has 0 aliphatic rings. The summed E-state index contributed by atoms with van der Waals surface area (Å²) in [4.78, 5) is 16.7. The van der Waals surface area contributed by atoms with E-state index in [2.05, 4.69) is 19.9 Å². The van der Waals surface area contributed by atoms with E-state index in [1.54, 1.807) is 6.20 Å². The zero-order chi connectivity index (χ0) is 12.3. The third-order valence-electron chi connectivity index (χ3n) is 2.26. The predicted molar refractivity (Wildman–Crippen MR) is 66.7 cm³/mol. The molecule has 2 aromatic rings. The van der Waals surface area contributed by atoms with E-state index in [0.29, 0.717) is 5.82 Å². The van der Waals surface area contributed by atoms with Crippen LogP contribution in [0.15, 0.2) is 28.6 Å². The summed E-state index contributed by atoms with van der Waals surface area (Å²) in [6, 6.07) is 1.84. The molecule has 6 heteroatoms. The van der Waals surface area contributed by atoms with E-state index in [9.17, 15) is 0 Å². The molecule has 0 aliphatic carbocycles. The van der Waals surface area contributed by atoms with E-state index >= 15 is 0 Å². The average molecular weight is 247 g/mol. The van der Waals surface area contributed by atoms with Gasteiger partial charge in [-0.25, -0.2) is 19.9 Å². The standard InChI is InChI=1S/C11H13N5S/c1-3-8-15-10(12)7(2)11(16-8)17-9-4-5-13-6-14-9/h4-6H,3H2,1-2H3,(H2,12,15,16). The molecule has 0 amide bonds. The van der Waals surface area contributed by atoms with E-state index in [1.165, 1.54) is 18.1 Å². The van der Waals surface area contributed by atoms with Gasteiger partial charge in [0.1, 0.15) is 28.0 Å². The van der Waals surface area contributed by atoms with Gasteiger partial charge in [0.25, 0.3) is 0 Å². The molecule has 0 aliphatic heterocycles. The van der Waals surface area contributed by atoms with Crippen molar-refractivity contribution in [3.63, 3.8) is 0 Å². The summed E-state index contributed by atoms with van der Waals surface area (Å²) in [5.74, 6) is 1.29. The number of aryl methyl sites for hydroxylation is 1. The summed E-state index contributed by atoms with van der Waals surface area (Å²) in [5.41, 5.74) is 6.75. The van der Waals surface area contributed by atoms with Crippen molar-refractivity contribution in [2.45, 2.75) is 30.3 Å². The van der Waals surface area contributed by atoms with Gasteiger partial charge in [-0.2, -0.15) is 0 Å². The SMILES string of the molecule is CCc1nc(N)c(C)c(Sc2ccncn2)n1. The summed E-state index contributed by atoms with van der Waals surface area (Å²) in [6.45, 7) is 3.92. The number of nitrogens with zero attached hydrogens (tertiary/aromatic N) is 4. The van der Waals surface area contributed by atoms with Crippen molar-refractivity contribution in [1.82, 2.24) is 19.9 Å². The third kappa shape index (κ3) is 2.71. The van der Waals surface area contributed by atoms with Gasteiger partial charge in [-0.15, -0.1) is 0 Å². The summed E-state index contributed by atoms with van der Waals surface area (Å²) < 4.78 is 0. The van der Waals surface area contributed by atoms with Crippen LogP contribution >= 0.6 is 11.8 Å². The van der Waals surface area contributed by atoms with Gasteiger partial charge in [0.05, 0.1) is 0 Å². The lowest BCUT2D eigenvalue weighted by Crippen LogP contribution is -2.03. The van der Waals surface area contributed by atoms with Crippen molar-refractivity contribution >= 4 is 17.6 Å². The second-order valence-electron chi connectivity index (χ2n) is 3.46. The van der Waals surface area contributed by atoms with Crippen LogP contribution in [0.2, 0.25) is 0 Å². The number of rotatable bonds is 3. The number of hydrogen-bond donors (Lipinski definition) is 1. The van der Waals surface area contributed by atoms with Crippen molar-refractivity contribution in [2.24, 2.45) is 0 Å². The highest BCUT2D eigenvalue weighted by atomic mass is 32.2. The molecule has 2 heterocycles. The lowest BCUT2D eigenvalue weighted by molar-refractivity contribution is 0.876. The number of nitrogens with two attached hydrogens (primary N) is 1. The van der Waals surface area contributed by atoms with Crippen LogP contribution in [0, 0.1) is 6.92 Å². The van der Waals surface area contributed by atoms with Gasteiger partial charge in [-0.05, 0) is 24.8 Å². The monoisotopic (exact) mass is 247 g/mol. The topological polar surface area (TPSA) is 77.6 Å². The minimum atomic E-state index is 0.536. The Morgan fingerprint density at radius 2 is 2.18 bits per heavy atom. The zero-order valence-corrected chi connectivity index (χ0v) is 10.5. The second-order valence-corrected chi connectivity index (χ2v) is 4.47. The first-order valence-electron chi connectivity index (χ1n) is 5.27. The Labute approximate surface area is 104 Å². The fourth-order valence-corrected chi connectivity index (χ4v) is 2.09. The van der Waals surface area contributed by atoms with E-state index in [-0.39, 0.29) is 0 Å². The fourth-order valence-electron chi connectivity index (χ4n) is 1.25. The second kappa shape index (κ2) is 5.09. The molecule has 17 heavy (non-hydrogen) atoms. The molecule has 2 aromatic heterocycles. The number of nitrogen functional groups attached to an aromatic ring is 1. The highest BCUT2D eigenvalue weighted by molar-refractivity contribution is 7.99. The molecule has 0 aromatic carbocycles. The minimum absolute atomic E-state index is 0.536. The Morgan fingerprint density at radius 3 is 2.82 bits per heavy atom. The summed E-state index contributed by atoms with van der Waals surface area (Å²) >= 11 is 1.48. The van der Waals surface area contributed by atoms with E-state index in [1.807, 2.05) is 19.9 Å². The normalized spacial score (nSPS) is 10.5.